The van der Waals surface area contributed by atoms with Crippen LogP contribution in [0.5, 0.6) is 0 Å². The number of imidazole rings is 1. The van der Waals surface area contributed by atoms with Crippen LogP contribution in [0.2, 0.25) is 5.04 Å². The summed E-state index contributed by atoms with van der Waals surface area (Å²) in [6, 6.07) is 21.2. The zero-order chi connectivity index (χ0) is 27.6. The summed E-state index contributed by atoms with van der Waals surface area (Å²) < 4.78 is 15.8. The molecule has 1 aliphatic heterocycles. The second kappa shape index (κ2) is 11.2. The van der Waals surface area contributed by atoms with Crippen molar-refractivity contribution in [3.8, 4) is 0 Å². The molecule has 0 radical (unpaired) electrons. The SMILES string of the molecule is CC(=O)SC[C@H]1C[C@H](n2cnc3c(N)ncnc32)O[C@@H]1CO[Si](c1ccccc1)(c1ccccc1)C(C)(C)C. The Hall–Kier alpha value is -3.05. The molecular weight excluding hydrogens is 527 g/mol. The largest absolute Gasteiger partial charge is 0.405 e. The summed E-state index contributed by atoms with van der Waals surface area (Å²) >= 11 is 1.34. The van der Waals surface area contributed by atoms with E-state index in [2.05, 4.69) is 84.3 Å². The predicted molar refractivity (Wildman–Crippen MR) is 158 cm³/mol. The topological polar surface area (TPSA) is 105 Å². The van der Waals surface area contributed by atoms with Gasteiger partial charge in [-0.05, 0) is 21.8 Å². The molecule has 8 nitrogen and oxygen atoms in total. The number of aromatic nitrogens is 4. The highest BCUT2D eigenvalue weighted by atomic mass is 32.2. The van der Waals surface area contributed by atoms with E-state index in [0.29, 0.717) is 35.8 Å². The molecule has 2 aromatic heterocycles. The maximum atomic E-state index is 11.9. The minimum atomic E-state index is -2.74. The number of nitrogen functional groups attached to an aromatic ring is 1. The van der Waals surface area contributed by atoms with Gasteiger partial charge in [-0.3, -0.25) is 9.36 Å². The summed E-state index contributed by atoms with van der Waals surface area (Å²) in [5.74, 6) is 1.11. The fourth-order valence-corrected chi connectivity index (χ4v) is 11.0. The van der Waals surface area contributed by atoms with E-state index in [1.807, 2.05) is 16.7 Å². The van der Waals surface area contributed by atoms with Crippen LogP contribution in [0.4, 0.5) is 5.82 Å². The number of thioether (sulfide) groups is 1. The molecule has 3 atom stereocenters. The van der Waals surface area contributed by atoms with Gasteiger partial charge in [-0.2, -0.15) is 0 Å². The number of carbonyl (C=O) groups is 1. The normalized spacial score (nSPS) is 19.9. The highest BCUT2D eigenvalue weighted by molar-refractivity contribution is 8.13. The van der Waals surface area contributed by atoms with Gasteiger partial charge in [-0.15, -0.1) is 0 Å². The lowest BCUT2D eigenvalue weighted by Crippen LogP contribution is -2.67. The third kappa shape index (κ3) is 5.38. The quantitative estimate of drug-likeness (QED) is 0.320. The number of carbonyl (C=O) groups excluding carboxylic acids is 1. The average Bonchev–Trinajstić information content (AvgIpc) is 3.53. The zero-order valence-electron chi connectivity index (χ0n) is 22.8. The van der Waals surface area contributed by atoms with Crippen molar-refractivity contribution in [2.45, 2.75) is 51.5 Å². The molecule has 0 amide bonds. The van der Waals surface area contributed by atoms with E-state index in [1.54, 1.807) is 13.3 Å². The van der Waals surface area contributed by atoms with E-state index in [-0.39, 0.29) is 28.4 Å². The van der Waals surface area contributed by atoms with Crippen LogP contribution in [0.3, 0.4) is 0 Å². The van der Waals surface area contributed by atoms with E-state index >= 15 is 0 Å². The summed E-state index contributed by atoms with van der Waals surface area (Å²) in [5.41, 5.74) is 7.22. The van der Waals surface area contributed by atoms with Crippen molar-refractivity contribution in [3.05, 3.63) is 73.3 Å². The number of nitrogens with zero attached hydrogens (tertiary/aromatic N) is 4. The second-order valence-electron chi connectivity index (χ2n) is 11.0. The van der Waals surface area contributed by atoms with Crippen molar-refractivity contribution < 1.29 is 14.0 Å². The Kier molecular flexibility index (Phi) is 7.91. The minimum Gasteiger partial charge on any atom is -0.405 e. The third-order valence-corrected chi connectivity index (χ3v) is 13.4. The number of nitrogens with two attached hydrogens (primary N) is 1. The van der Waals surface area contributed by atoms with Gasteiger partial charge in [-0.25, -0.2) is 15.0 Å². The fourth-order valence-electron chi connectivity index (χ4n) is 5.58. The molecule has 0 spiro atoms. The molecular formula is C29H35N5O3SSi. The first-order valence-electron chi connectivity index (χ1n) is 13.2. The molecule has 1 fully saturated rings. The predicted octanol–water partition coefficient (Wildman–Crippen LogP) is 4.17. The lowest BCUT2D eigenvalue weighted by atomic mass is 10.0. The van der Waals surface area contributed by atoms with Crippen LogP contribution in [0, 0.1) is 5.92 Å². The average molecular weight is 562 g/mol. The summed E-state index contributed by atoms with van der Waals surface area (Å²) in [6.07, 6.45) is 3.36. The van der Waals surface area contributed by atoms with Crippen molar-refractivity contribution >= 4 is 52.5 Å². The Balaban J connectivity index is 1.49. The first-order chi connectivity index (χ1) is 18.7. The Labute approximate surface area is 234 Å². The summed E-state index contributed by atoms with van der Waals surface area (Å²) in [4.78, 5) is 24.8. The van der Waals surface area contributed by atoms with Crippen molar-refractivity contribution in [1.82, 2.24) is 19.5 Å². The van der Waals surface area contributed by atoms with Gasteiger partial charge in [0.1, 0.15) is 18.1 Å². The molecule has 0 unspecified atom stereocenters. The molecule has 0 aliphatic carbocycles. The smallest absolute Gasteiger partial charge is 0.261 e. The highest BCUT2D eigenvalue weighted by Gasteiger charge is 2.51. The molecule has 1 saturated heterocycles. The van der Waals surface area contributed by atoms with Gasteiger partial charge < -0.3 is 14.9 Å². The van der Waals surface area contributed by atoms with Crippen LogP contribution in [0.1, 0.15) is 40.3 Å². The van der Waals surface area contributed by atoms with Crippen LogP contribution < -0.4 is 16.1 Å². The third-order valence-electron chi connectivity index (χ3n) is 7.44. The van der Waals surface area contributed by atoms with Gasteiger partial charge in [0.2, 0.25) is 0 Å². The fraction of sp³-hybridized carbons (Fsp3) is 0.379. The van der Waals surface area contributed by atoms with Crippen LogP contribution in [0.15, 0.2) is 73.3 Å². The van der Waals surface area contributed by atoms with E-state index in [9.17, 15) is 4.79 Å². The molecule has 39 heavy (non-hydrogen) atoms. The molecule has 5 rings (SSSR count). The number of fused-ring (bicyclic) bond motifs is 1. The number of hydrogen-bond donors (Lipinski definition) is 1. The summed E-state index contributed by atoms with van der Waals surface area (Å²) in [7, 11) is -2.74. The number of hydrogen-bond acceptors (Lipinski definition) is 8. The summed E-state index contributed by atoms with van der Waals surface area (Å²) in [6.45, 7) is 8.82. The number of rotatable bonds is 8. The lowest BCUT2D eigenvalue weighted by molar-refractivity contribution is -0.109. The van der Waals surface area contributed by atoms with E-state index in [1.165, 1.54) is 28.5 Å². The Morgan fingerprint density at radius 2 is 1.72 bits per heavy atom. The monoisotopic (exact) mass is 561 g/mol. The molecule has 1 aliphatic rings. The molecule has 3 heterocycles. The van der Waals surface area contributed by atoms with Crippen molar-refractivity contribution in [1.29, 1.82) is 0 Å². The van der Waals surface area contributed by atoms with Crippen LogP contribution in [-0.2, 0) is 14.0 Å². The molecule has 4 aromatic rings. The number of benzene rings is 2. The standard InChI is InChI=1S/C29H35N5O3SSi/c1-20(35)38-17-21-15-25(34-19-33-26-27(30)31-18-32-28(26)34)37-24(21)16-36-39(29(2,3)4,22-11-7-5-8-12-22)23-13-9-6-10-14-23/h5-14,18-19,21,24-25H,15-17H2,1-4H3,(H2,30,31,32)/t21-,24-,25-/m1/s1. The van der Waals surface area contributed by atoms with Gasteiger partial charge in [0.05, 0.1) is 19.0 Å². The van der Waals surface area contributed by atoms with Crippen molar-refractivity contribution in [3.63, 3.8) is 0 Å². The van der Waals surface area contributed by atoms with Crippen LogP contribution in [0.25, 0.3) is 11.2 Å². The van der Waals surface area contributed by atoms with E-state index < -0.39 is 8.32 Å². The van der Waals surface area contributed by atoms with Crippen molar-refractivity contribution in [2.24, 2.45) is 5.92 Å². The van der Waals surface area contributed by atoms with Gasteiger partial charge in [0, 0.05) is 18.6 Å². The lowest BCUT2D eigenvalue weighted by Gasteiger charge is -2.43. The Bertz CT molecular complexity index is 1390. The second-order valence-corrected chi connectivity index (χ2v) is 16.5. The first-order valence-corrected chi connectivity index (χ1v) is 16.1. The van der Waals surface area contributed by atoms with Crippen LogP contribution >= 0.6 is 11.8 Å². The summed E-state index contributed by atoms with van der Waals surface area (Å²) in [5, 5.41) is 2.40. The minimum absolute atomic E-state index is 0.0960. The first kappa shape index (κ1) is 27.5. The van der Waals surface area contributed by atoms with Gasteiger partial charge in [-0.1, -0.05) is 93.2 Å². The maximum absolute atomic E-state index is 11.9. The van der Waals surface area contributed by atoms with Gasteiger partial charge in [0.15, 0.2) is 16.6 Å². The maximum Gasteiger partial charge on any atom is 0.261 e. The number of ether oxygens (including phenoxy) is 1. The molecule has 204 valence electrons. The van der Waals surface area contributed by atoms with Crippen molar-refractivity contribution in [2.75, 3.05) is 18.1 Å². The Morgan fingerprint density at radius 3 is 2.31 bits per heavy atom. The van der Waals surface area contributed by atoms with Gasteiger partial charge in [0.25, 0.3) is 8.32 Å². The Morgan fingerprint density at radius 1 is 1.08 bits per heavy atom. The zero-order valence-corrected chi connectivity index (χ0v) is 24.6. The molecule has 10 heteroatoms. The highest BCUT2D eigenvalue weighted by Crippen LogP contribution is 2.40. The van der Waals surface area contributed by atoms with E-state index in [4.69, 9.17) is 14.9 Å². The molecule has 2 N–H and O–H groups in total. The number of anilines is 1. The van der Waals surface area contributed by atoms with Crippen LogP contribution in [-0.4, -0.2) is 51.4 Å². The molecule has 0 bridgehead atoms. The van der Waals surface area contributed by atoms with Gasteiger partial charge >= 0.3 is 0 Å². The molecule has 2 aromatic carbocycles. The molecule has 0 saturated carbocycles. The van der Waals surface area contributed by atoms with E-state index in [0.717, 1.165) is 0 Å².